The number of hydrogen-bond donors (Lipinski definition) is 0. The highest BCUT2D eigenvalue weighted by Gasteiger charge is 2.18. The third-order valence-corrected chi connectivity index (χ3v) is 3.06. The molecule has 0 N–H and O–H groups in total. The second kappa shape index (κ2) is 4.71. The van der Waals surface area contributed by atoms with Gasteiger partial charge in [0.2, 0.25) is 0 Å². The maximum atomic E-state index is 12.9. The van der Waals surface area contributed by atoms with Crippen LogP contribution in [0.3, 0.4) is 0 Å². The maximum absolute atomic E-state index is 12.9. The van der Waals surface area contributed by atoms with Gasteiger partial charge in [-0.3, -0.25) is 9.88 Å². The van der Waals surface area contributed by atoms with Crippen molar-refractivity contribution in [1.29, 1.82) is 0 Å². The number of pyridine rings is 1. The normalized spacial score (nSPS) is 19.3. The Labute approximate surface area is 90.1 Å². The van der Waals surface area contributed by atoms with Gasteiger partial charge in [0.05, 0.1) is 0 Å². The zero-order chi connectivity index (χ0) is 10.7. The van der Waals surface area contributed by atoms with Crippen LogP contribution in [0.2, 0.25) is 0 Å². The lowest BCUT2D eigenvalue weighted by molar-refractivity contribution is 0.145. The zero-order valence-electron chi connectivity index (χ0n) is 9.12. The van der Waals surface area contributed by atoms with Crippen molar-refractivity contribution in [2.75, 3.05) is 13.1 Å². The Morgan fingerprint density at radius 2 is 2.20 bits per heavy atom. The van der Waals surface area contributed by atoms with Crippen LogP contribution >= 0.6 is 0 Å². The predicted molar refractivity (Wildman–Crippen MR) is 58.4 cm³/mol. The molecular weight excluding hydrogens is 191 g/mol. The molecule has 1 aliphatic rings. The topological polar surface area (TPSA) is 16.1 Å². The summed E-state index contributed by atoms with van der Waals surface area (Å²) in [5.74, 6) is 0. The second-order valence-corrected chi connectivity index (χ2v) is 4.25. The molecule has 1 fully saturated rings. The van der Waals surface area contributed by atoms with Gasteiger partial charge < -0.3 is 0 Å². The molecule has 2 nitrogen and oxygen atoms in total. The fourth-order valence-corrected chi connectivity index (χ4v) is 1.96. The van der Waals surface area contributed by atoms with Gasteiger partial charge in [-0.15, -0.1) is 0 Å². The molecule has 2 rings (SSSR count). The predicted octanol–water partition coefficient (Wildman–Crippen LogP) is 2.32. The van der Waals surface area contributed by atoms with Crippen molar-refractivity contribution in [3.05, 3.63) is 29.6 Å². The van der Waals surface area contributed by atoms with E-state index in [-0.39, 0.29) is 0 Å². The highest BCUT2D eigenvalue weighted by Crippen LogP contribution is 2.16. The molecule has 1 saturated heterocycles. The highest BCUT2D eigenvalue weighted by molar-refractivity contribution is 5.21. The molecule has 0 saturated carbocycles. The Kier molecular flexibility index (Phi) is 3.31. The Morgan fingerprint density at radius 3 is 2.87 bits per heavy atom. The average Bonchev–Trinajstić information content (AvgIpc) is 2.25. The van der Waals surface area contributed by atoms with E-state index in [9.17, 15) is 4.39 Å². The SMILES string of the molecule is Cc1ccncc1CN1CCC(F)CC1. The van der Waals surface area contributed by atoms with E-state index in [1.54, 1.807) is 0 Å². The first-order valence-corrected chi connectivity index (χ1v) is 5.51. The number of rotatable bonds is 2. The van der Waals surface area contributed by atoms with Gasteiger partial charge in [0, 0.05) is 32.0 Å². The summed E-state index contributed by atoms with van der Waals surface area (Å²) in [7, 11) is 0. The van der Waals surface area contributed by atoms with Crippen LogP contribution in [-0.2, 0) is 6.54 Å². The first-order chi connectivity index (χ1) is 7.25. The Hall–Kier alpha value is -0.960. The Bertz CT molecular complexity index is 319. The number of halogens is 1. The third kappa shape index (κ3) is 2.75. The van der Waals surface area contributed by atoms with Crippen LogP contribution in [0.4, 0.5) is 4.39 Å². The lowest BCUT2D eigenvalue weighted by Gasteiger charge is -2.28. The minimum absolute atomic E-state index is 0.587. The minimum Gasteiger partial charge on any atom is -0.299 e. The molecule has 0 atom stereocenters. The fraction of sp³-hybridized carbons (Fsp3) is 0.583. The van der Waals surface area contributed by atoms with Crippen molar-refractivity contribution in [2.45, 2.75) is 32.5 Å². The van der Waals surface area contributed by atoms with E-state index in [1.165, 1.54) is 11.1 Å². The molecule has 0 unspecified atom stereocenters. The Morgan fingerprint density at radius 1 is 1.47 bits per heavy atom. The van der Waals surface area contributed by atoms with Gasteiger partial charge in [-0.25, -0.2) is 4.39 Å². The van der Waals surface area contributed by atoms with Crippen LogP contribution in [0.15, 0.2) is 18.5 Å². The van der Waals surface area contributed by atoms with Crippen LogP contribution in [0.5, 0.6) is 0 Å². The lowest BCUT2D eigenvalue weighted by Crippen LogP contribution is -2.34. The highest BCUT2D eigenvalue weighted by atomic mass is 19.1. The van der Waals surface area contributed by atoms with Gasteiger partial charge in [0.25, 0.3) is 0 Å². The van der Waals surface area contributed by atoms with E-state index in [0.717, 1.165) is 19.6 Å². The number of alkyl halides is 1. The van der Waals surface area contributed by atoms with Gasteiger partial charge in [0.15, 0.2) is 0 Å². The summed E-state index contributed by atoms with van der Waals surface area (Å²) in [5.41, 5.74) is 2.53. The molecule has 2 heterocycles. The van der Waals surface area contributed by atoms with Gasteiger partial charge >= 0.3 is 0 Å². The molecule has 1 aliphatic heterocycles. The van der Waals surface area contributed by atoms with E-state index in [4.69, 9.17) is 0 Å². The molecule has 0 aromatic carbocycles. The van der Waals surface area contributed by atoms with Crippen LogP contribution < -0.4 is 0 Å². The van der Waals surface area contributed by atoms with Gasteiger partial charge in [-0.2, -0.15) is 0 Å². The third-order valence-electron chi connectivity index (χ3n) is 3.06. The largest absolute Gasteiger partial charge is 0.299 e. The fourth-order valence-electron chi connectivity index (χ4n) is 1.96. The summed E-state index contributed by atoms with van der Waals surface area (Å²) in [5, 5.41) is 0. The molecule has 1 aromatic rings. The zero-order valence-corrected chi connectivity index (χ0v) is 9.12. The minimum atomic E-state index is -0.587. The summed E-state index contributed by atoms with van der Waals surface area (Å²) in [4.78, 5) is 6.43. The second-order valence-electron chi connectivity index (χ2n) is 4.25. The number of nitrogens with zero attached hydrogens (tertiary/aromatic N) is 2. The average molecular weight is 208 g/mol. The van der Waals surface area contributed by atoms with Crippen LogP contribution in [0.1, 0.15) is 24.0 Å². The smallest absolute Gasteiger partial charge is 0.103 e. The van der Waals surface area contributed by atoms with Crippen molar-refractivity contribution in [1.82, 2.24) is 9.88 Å². The molecule has 0 radical (unpaired) electrons. The molecule has 3 heteroatoms. The molecular formula is C12H17FN2. The molecule has 0 aliphatic carbocycles. The summed E-state index contributed by atoms with van der Waals surface area (Å²) in [6.45, 7) is 4.75. The molecule has 82 valence electrons. The molecule has 0 spiro atoms. The van der Waals surface area contributed by atoms with Crippen LogP contribution in [-0.4, -0.2) is 29.1 Å². The van der Waals surface area contributed by atoms with Crippen LogP contribution in [0, 0.1) is 6.92 Å². The summed E-state index contributed by atoms with van der Waals surface area (Å²) >= 11 is 0. The van der Waals surface area contributed by atoms with E-state index in [0.29, 0.717) is 12.8 Å². The molecule has 1 aromatic heterocycles. The van der Waals surface area contributed by atoms with Gasteiger partial charge in [-0.1, -0.05) is 0 Å². The van der Waals surface area contributed by atoms with E-state index in [1.807, 2.05) is 18.5 Å². The number of aryl methyl sites for hydroxylation is 1. The summed E-state index contributed by atoms with van der Waals surface area (Å²) in [6.07, 6.45) is 4.50. The molecule has 0 amide bonds. The van der Waals surface area contributed by atoms with Crippen molar-refractivity contribution in [3.63, 3.8) is 0 Å². The molecule has 15 heavy (non-hydrogen) atoms. The number of likely N-dealkylation sites (tertiary alicyclic amines) is 1. The van der Waals surface area contributed by atoms with Crippen LogP contribution in [0.25, 0.3) is 0 Å². The standard InChI is InChI=1S/C12H17FN2/c1-10-2-5-14-8-11(10)9-15-6-3-12(13)4-7-15/h2,5,8,12H,3-4,6-7,9H2,1H3. The lowest BCUT2D eigenvalue weighted by atomic mass is 10.1. The van der Waals surface area contributed by atoms with E-state index >= 15 is 0 Å². The number of aromatic nitrogens is 1. The summed E-state index contributed by atoms with van der Waals surface area (Å²) < 4.78 is 12.9. The van der Waals surface area contributed by atoms with Gasteiger partial charge in [0.1, 0.15) is 6.17 Å². The first kappa shape index (κ1) is 10.6. The van der Waals surface area contributed by atoms with Gasteiger partial charge in [-0.05, 0) is 37.0 Å². The van der Waals surface area contributed by atoms with E-state index in [2.05, 4.69) is 16.8 Å². The monoisotopic (exact) mass is 208 g/mol. The molecule has 0 bridgehead atoms. The maximum Gasteiger partial charge on any atom is 0.103 e. The van der Waals surface area contributed by atoms with E-state index < -0.39 is 6.17 Å². The quantitative estimate of drug-likeness (QED) is 0.741. The number of hydrogen-bond acceptors (Lipinski definition) is 2. The van der Waals surface area contributed by atoms with Crippen molar-refractivity contribution < 1.29 is 4.39 Å². The van der Waals surface area contributed by atoms with Crippen molar-refractivity contribution in [2.24, 2.45) is 0 Å². The first-order valence-electron chi connectivity index (χ1n) is 5.51. The van der Waals surface area contributed by atoms with Crippen molar-refractivity contribution >= 4 is 0 Å². The number of piperidine rings is 1. The van der Waals surface area contributed by atoms with Crippen molar-refractivity contribution in [3.8, 4) is 0 Å². The Balaban J connectivity index is 1.95. The summed E-state index contributed by atoms with van der Waals surface area (Å²) in [6, 6.07) is 2.03.